The van der Waals surface area contributed by atoms with Crippen LogP contribution in [0.5, 0.6) is 0 Å². The molecule has 1 rings (SSSR count). The molecule has 0 spiro atoms. The van der Waals surface area contributed by atoms with Crippen LogP contribution < -0.4 is 0 Å². The molecule has 0 saturated carbocycles. The average molecular weight is 130 g/mol. The minimum Gasteiger partial charge on any atom is -0.465 e. The van der Waals surface area contributed by atoms with Gasteiger partial charge in [-0.2, -0.15) is 0 Å². The Morgan fingerprint density at radius 2 is 2.56 bits per heavy atom. The molecule has 3 nitrogen and oxygen atoms in total. The van der Waals surface area contributed by atoms with Crippen molar-refractivity contribution in [2.24, 2.45) is 5.92 Å². The quantitative estimate of drug-likeness (QED) is 0.505. The smallest absolute Gasteiger partial charge is 0.311 e. The zero-order chi connectivity index (χ0) is 6.85. The first kappa shape index (κ1) is 6.55. The molecule has 1 saturated heterocycles. The molecular formula is C6H10O3. The minimum atomic E-state index is -0.556. The predicted molar refractivity (Wildman–Crippen MR) is 30.7 cm³/mol. The van der Waals surface area contributed by atoms with Gasteiger partial charge in [-0.05, 0) is 13.3 Å². The predicted octanol–water partition coefficient (Wildman–Crippen LogP) is -0.0697. The molecule has 0 aromatic rings. The number of esters is 1. The highest BCUT2D eigenvalue weighted by atomic mass is 16.5. The van der Waals surface area contributed by atoms with Gasteiger partial charge in [-0.25, -0.2) is 0 Å². The second kappa shape index (κ2) is 2.35. The average Bonchev–Trinajstić information content (AvgIpc) is 2.13. The fourth-order valence-corrected chi connectivity index (χ4v) is 0.950. The SMILES string of the molecule is C[C@H](O)[C@H]1CCOC1=O. The van der Waals surface area contributed by atoms with Gasteiger partial charge < -0.3 is 9.84 Å². The fourth-order valence-electron chi connectivity index (χ4n) is 0.950. The van der Waals surface area contributed by atoms with E-state index in [0.29, 0.717) is 13.0 Å². The first-order valence-corrected chi connectivity index (χ1v) is 3.06. The number of rotatable bonds is 1. The largest absolute Gasteiger partial charge is 0.465 e. The molecule has 1 fully saturated rings. The van der Waals surface area contributed by atoms with Gasteiger partial charge in [0.2, 0.25) is 0 Å². The molecule has 9 heavy (non-hydrogen) atoms. The lowest BCUT2D eigenvalue weighted by atomic mass is 10.0. The maximum Gasteiger partial charge on any atom is 0.311 e. The van der Waals surface area contributed by atoms with Crippen molar-refractivity contribution < 1.29 is 14.6 Å². The van der Waals surface area contributed by atoms with Gasteiger partial charge in [0.05, 0.1) is 18.6 Å². The fraction of sp³-hybridized carbons (Fsp3) is 0.833. The van der Waals surface area contributed by atoms with Crippen molar-refractivity contribution in [2.75, 3.05) is 6.61 Å². The van der Waals surface area contributed by atoms with Crippen molar-refractivity contribution in [1.29, 1.82) is 0 Å². The van der Waals surface area contributed by atoms with Crippen LogP contribution in [0.1, 0.15) is 13.3 Å². The number of carbonyl (C=O) groups excluding carboxylic acids is 1. The van der Waals surface area contributed by atoms with Crippen LogP contribution in [0.2, 0.25) is 0 Å². The summed E-state index contributed by atoms with van der Waals surface area (Å²) in [5.41, 5.74) is 0. The monoisotopic (exact) mass is 130 g/mol. The Bertz CT molecular complexity index is 119. The summed E-state index contributed by atoms with van der Waals surface area (Å²) in [5, 5.41) is 8.92. The van der Waals surface area contributed by atoms with Gasteiger partial charge in [0.25, 0.3) is 0 Å². The van der Waals surface area contributed by atoms with Crippen molar-refractivity contribution >= 4 is 5.97 Å². The third kappa shape index (κ3) is 1.21. The van der Waals surface area contributed by atoms with E-state index >= 15 is 0 Å². The molecule has 1 aliphatic heterocycles. The van der Waals surface area contributed by atoms with Crippen LogP contribution in [0, 0.1) is 5.92 Å². The van der Waals surface area contributed by atoms with Crippen molar-refractivity contribution in [3.63, 3.8) is 0 Å². The molecule has 0 aromatic heterocycles. The van der Waals surface area contributed by atoms with Crippen LogP contribution in [0.15, 0.2) is 0 Å². The van der Waals surface area contributed by atoms with Crippen LogP contribution in [-0.2, 0) is 9.53 Å². The molecule has 0 radical (unpaired) electrons. The zero-order valence-electron chi connectivity index (χ0n) is 5.33. The van der Waals surface area contributed by atoms with Crippen LogP contribution >= 0.6 is 0 Å². The summed E-state index contributed by atoms with van der Waals surface area (Å²) in [6.07, 6.45) is 0.108. The third-order valence-electron chi connectivity index (χ3n) is 1.56. The Labute approximate surface area is 53.6 Å². The van der Waals surface area contributed by atoms with Gasteiger partial charge in [0.1, 0.15) is 0 Å². The molecule has 2 atom stereocenters. The third-order valence-corrected chi connectivity index (χ3v) is 1.56. The van der Waals surface area contributed by atoms with Gasteiger partial charge in [-0.1, -0.05) is 0 Å². The Morgan fingerprint density at radius 1 is 1.89 bits per heavy atom. The standard InChI is InChI=1S/C6H10O3/c1-4(7)5-2-3-9-6(5)8/h4-5,7H,2-3H2,1H3/t4-,5+/m0/s1. The van der Waals surface area contributed by atoms with E-state index in [1.165, 1.54) is 0 Å². The van der Waals surface area contributed by atoms with Crippen LogP contribution in [0.3, 0.4) is 0 Å². The summed E-state index contributed by atoms with van der Waals surface area (Å²) in [4.78, 5) is 10.6. The highest BCUT2D eigenvalue weighted by molar-refractivity contribution is 5.74. The molecule has 0 amide bonds. The van der Waals surface area contributed by atoms with Gasteiger partial charge in [-0.15, -0.1) is 0 Å². The van der Waals surface area contributed by atoms with E-state index in [0.717, 1.165) is 0 Å². The molecule has 0 aliphatic carbocycles. The normalized spacial score (nSPS) is 30.0. The summed E-state index contributed by atoms with van der Waals surface area (Å²) in [6.45, 7) is 2.08. The molecule has 52 valence electrons. The molecule has 1 N–H and O–H groups in total. The lowest BCUT2D eigenvalue weighted by Gasteiger charge is -2.06. The molecule has 1 heterocycles. The summed E-state index contributed by atoms with van der Waals surface area (Å²) < 4.78 is 4.63. The van der Waals surface area contributed by atoms with Crippen molar-refractivity contribution in [3.8, 4) is 0 Å². The van der Waals surface area contributed by atoms with E-state index < -0.39 is 6.10 Å². The van der Waals surface area contributed by atoms with E-state index in [9.17, 15) is 4.79 Å². The number of aliphatic hydroxyl groups excluding tert-OH is 1. The number of aliphatic hydroxyl groups is 1. The highest BCUT2D eigenvalue weighted by Gasteiger charge is 2.30. The molecule has 3 heteroatoms. The second-order valence-corrected chi connectivity index (χ2v) is 2.30. The molecule has 0 unspecified atom stereocenters. The van der Waals surface area contributed by atoms with Crippen LogP contribution in [0.4, 0.5) is 0 Å². The van der Waals surface area contributed by atoms with Crippen molar-refractivity contribution in [2.45, 2.75) is 19.4 Å². The van der Waals surface area contributed by atoms with Crippen molar-refractivity contribution in [3.05, 3.63) is 0 Å². The van der Waals surface area contributed by atoms with Gasteiger partial charge >= 0.3 is 5.97 Å². The summed E-state index contributed by atoms with van der Waals surface area (Å²) in [6, 6.07) is 0. The lowest BCUT2D eigenvalue weighted by Crippen LogP contribution is -2.20. The minimum absolute atomic E-state index is 0.259. The van der Waals surface area contributed by atoms with Crippen LogP contribution in [-0.4, -0.2) is 23.8 Å². The number of hydrogen-bond donors (Lipinski definition) is 1. The first-order chi connectivity index (χ1) is 4.22. The first-order valence-electron chi connectivity index (χ1n) is 3.06. The Hall–Kier alpha value is -0.570. The zero-order valence-corrected chi connectivity index (χ0v) is 5.33. The maximum absolute atomic E-state index is 10.6. The number of cyclic esters (lactones) is 1. The topological polar surface area (TPSA) is 46.5 Å². The molecular weight excluding hydrogens is 120 g/mol. The second-order valence-electron chi connectivity index (χ2n) is 2.30. The van der Waals surface area contributed by atoms with Gasteiger partial charge in [0, 0.05) is 0 Å². The summed E-state index contributed by atoms with van der Waals surface area (Å²) in [5.74, 6) is -0.532. The molecule has 0 aromatic carbocycles. The summed E-state index contributed by atoms with van der Waals surface area (Å²) >= 11 is 0. The molecule has 0 bridgehead atoms. The molecule has 1 aliphatic rings. The number of hydrogen-bond acceptors (Lipinski definition) is 3. The van der Waals surface area contributed by atoms with Gasteiger partial charge in [0.15, 0.2) is 0 Å². The Kier molecular flexibility index (Phi) is 1.71. The summed E-state index contributed by atoms with van der Waals surface area (Å²) in [7, 11) is 0. The van der Waals surface area contributed by atoms with E-state index in [2.05, 4.69) is 4.74 Å². The van der Waals surface area contributed by atoms with Crippen molar-refractivity contribution in [1.82, 2.24) is 0 Å². The number of ether oxygens (including phenoxy) is 1. The van der Waals surface area contributed by atoms with E-state index in [1.54, 1.807) is 6.92 Å². The Morgan fingerprint density at radius 3 is 2.78 bits per heavy atom. The van der Waals surface area contributed by atoms with E-state index in [1.807, 2.05) is 0 Å². The van der Waals surface area contributed by atoms with E-state index in [4.69, 9.17) is 5.11 Å². The van der Waals surface area contributed by atoms with Gasteiger partial charge in [-0.3, -0.25) is 4.79 Å². The Balaban J connectivity index is 2.49. The van der Waals surface area contributed by atoms with E-state index in [-0.39, 0.29) is 11.9 Å². The highest BCUT2D eigenvalue weighted by Crippen LogP contribution is 2.17. The maximum atomic E-state index is 10.6. The lowest BCUT2D eigenvalue weighted by molar-refractivity contribution is -0.143. The number of carbonyl (C=O) groups is 1. The van der Waals surface area contributed by atoms with Crippen LogP contribution in [0.25, 0.3) is 0 Å².